The van der Waals surface area contributed by atoms with Gasteiger partial charge in [0, 0.05) is 6.00 Å². The number of rotatable bonds is 12. The average Bonchev–Trinajstić information content (AvgIpc) is 3.03. The summed E-state index contributed by atoms with van der Waals surface area (Å²) < 4.78 is 75.0. The van der Waals surface area contributed by atoms with Crippen molar-refractivity contribution in [3.05, 3.63) is 0 Å². The normalized spacial score (nSPS) is 39.1. The topological polar surface area (TPSA) is 285 Å². The van der Waals surface area contributed by atoms with Crippen LogP contribution in [0, 0.1) is 0 Å². The number of aliphatic hydroxyl groups excluding tert-OH is 4. The standard InChI is InChI=1S/C13H27BO18P4/c1-13(2)11(18)9(16)7(30-13)4-28-36(25,26)32-34(21,22)5-33(19,20)31-35(23,24)27-3-6-8(15)10(17)12(14)29-6/h6-12,15-18H,3-5H2,1-2H3,(H,19,20)(H,21,22)(H,23,24)(H,25,26)/t6-,7-,8?,9?,10?,11+,12-/m1/s1. The summed E-state index contributed by atoms with van der Waals surface area (Å²) in [6.45, 7) is 0.936. The largest absolute Gasteiger partial charge is 0.479 e. The van der Waals surface area contributed by atoms with Crippen LogP contribution in [-0.2, 0) is 45.4 Å². The van der Waals surface area contributed by atoms with Crippen molar-refractivity contribution in [2.45, 2.75) is 62.1 Å². The van der Waals surface area contributed by atoms with Gasteiger partial charge in [-0.1, -0.05) is 0 Å². The summed E-state index contributed by atoms with van der Waals surface area (Å²) in [6, 6.07) is -1.36. The van der Waals surface area contributed by atoms with Gasteiger partial charge in [-0.25, -0.2) is 17.8 Å². The molecule has 0 aromatic carbocycles. The van der Waals surface area contributed by atoms with Crippen LogP contribution in [0.3, 0.4) is 0 Å². The van der Waals surface area contributed by atoms with Crippen molar-refractivity contribution in [1.82, 2.24) is 0 Å². The molecule has 23 heteroatoms. The Hall–Kier alpha value is 0.425. The van der Waals surface area contributed by atoms with Crippen molar-refractivity contribution in [3.8, 4) is 0 Å². The summed E-state index contributed by atoms with van der Waals surface area (Å²) in [7, 11) is -16.7. The molecule has 11 atom stereocenters. The van der Waals surface area contributed by atoms with E-state index in [0.717, 1.165) is 0 Å². The van der Waals surface area contributed by atoms with Gasteiger partial charge >= 0.3 is 30.8 Å². The molecule has 0 spiro atoms. The molecule has 2 saturated heterocycles. The summed E-state index contributed by atoms with van der Waals surface area (Å²) >= 11 is 0. The van der Waals surface area contributed by atoms with E-state index in [1.807, 2.05) is 0 Å². The molecule has 2 fully saturated rings. The third-order valence-corrected chi connectivity index (χ3v) is 12.4. The molecule has 2 aliphatic heterocycles. The van der Waals surface area contributed by atoms with Gasteiger partial charge in [0.1, 0.15) is 38.4 Å². The Balaban J connectivity index is 1.91. The van der Waals surface area contributed by atoms with Gasteiger partial charge in [0.2, 0.25) is 0 Å². The van der Waals surface area contributed by atoms with E-state index in [9.17, 15) is 58.3 Å². The maximum atomic E-state index is 12.1. The van der Waals surface area contributed by atoms with Gasteiger partial charge in [-0.05, 0) is 13.8 Å². The highest BCUT2D eigenvalue weighted by molar-refractivity contribution is 7.76. The zero-order valence-electron chi connectivity index (χ0n) is 18.7. The zero-order valence-corrected chi connectivity index (χ0v) is 22.3. The first kappa shape index (κ1) is 32.6. The van der Waals surface area contributed by atoms with Crippen molar-refractivity contribution in [1.29, 1.82) is 0 Å². The average molecular weight is 606 g/mol. The second kappa shape index (κ2) is 11.5. The molecule has 2 heterocycles. The summed E-state index contributed by atoms with van der Waals surface area (Å²) in [5.41, 5.74) is -1.25. The van der Waals surface area contributed by atoms with Crippen molar-refractivity contribution in [3.63, 3.8) is 0 Å². The molecule has 36 heavy (non-hydrogen) atoms. The Morgan fingerprint density at radius 1 is 0.778 bits per heavy atom. The first-order chi connectivity index (χ1) is 16.1. The van der Waals surface area contributed by atoms with Gasteiger partial charge in [-0.15, -0.1) is 0 Å². The number of ether oxygens (including phenoxy) is 2. The molecule has 2 aliphatic rings. The maximum absolute atomic E-state index is 12.1. The summed E-state index contributed by atoms with van der Waals surface area (Å²) in [5.74, 6) is -1.97. The maximum Gasteiger partial charge on any atom is 0.479 e. The fourth-order valence-electron chi connectivity index (χ4n) is 3.17. The molecular weight excluding hydrogens is 579 g/mol. The van der Waals surface area contributed by atoms with E-state index in [2.05, 4.69) is 17.7 Å². The van der Waals surface area contributed by atoms with Crippen LogP contribution in [0.15, 0.2) is 0 Å². The fourth-order valence-corrected chi connectivity index (χ4v) is 9.95. The predicted octanol–water partition coefficient (Wildman–Crippen LogP) is -1.90. The van der Waals surface area contributed by atoms with Crippen LogP contribution < -0.4 is 0 Å². The Morgan fingerprint density at radius 3 is 1.58 bits per heavy atom. The van der Waals surface area contributed by atoms with E-state index in [1.165, 1.54) is 13.8 Å². The lowest BCUT2D eigenvalue weighted by atomic mass is 9.93. The monoisotopic (exact) mass is 606 g/mol. The van der Waals surface area contributed by atoms with Crippen LogP contribution in [0.25, 0.3) is 0 Å². The SMILES string of the molecule is [B][C@@H]1O[C@H](COP(=O)(O)OP(=O)(O)CP(=O)(O)OP(=O)(O)OC[C@H]2OC(C)(C)[C@@H](O)C2O)C(O)C1O. The van der Waals surface area contributed by atoms with Gasteiger partial charge in [0.25, 0.3) is 0 Å². The van der Waals surface area contributed by atoms with Gasteiger partial charge in [-0.2, -0.15) is 0 Å². The Morgan fingerprint density at radius 2 is 1.22 bits per heavy atom. The van der Waals surface area contributed by atoms with E-state index in [1.54, 1.807) is 0 Å². The molecular formula is C13H27BO18P4. The second-order valence-corrected chi connectivity index (χ2v) is 15.8. The predicted molar refractivity (Wildman–Crippen MR) is 116 cm³/mol. The van der Waals surface area contributed by atoms with Crippen molar-refractivity contribution in [2.75, 3.05) is 19.1 Å². The molecule has 0 amide bonds. The zero-order chi connectivity index (χ0) is 27.9. The number of phosphoric acid groups is 2. The third kappa shape index (κ3) is 8.99. The van der Waals surface area contributed by atoms with Crippen LogP contribution in [0.5, 0.6) is 0 Å². The third-order valence-electron chi connectivity index (χ3n) is 4.89. The first-order valence-corrected chi connectivity index (χ1v) is 16.4. The summed E-state index contributed by atoms with van der Waals surface area (Å²) in [6.07, 6.45) is -8.93. The van der Waals surface area contributed by atoms with Gasteiger partial charge in [-0.3, -0.25) is 18.2 Å². The lowest BCUT2D eigenvalue weighted by Crippen LogP contribution is -2.38. The van der Waals surface area contributed by atoms with Crippen LogP contribution in [0.2, 0.25) is 0 Å². The van der Waals surface area contributed by atoms with Crippen LogP contribution in [-0.4, -0.2) is 115 Å². The smallest absolute Gasteiger partial charge is 0.388 e. The van der Waals surface area contributed by atoms with Crippen LogP contribution in [0.1, 0.15) is 13.8 Å². The molecule has 7 unspecified atom stereocenters. The molecule has 8 N–H and O–H groups in total. The summed E-state index contributed by atoms with van der Waals surface area (Å²) in [4.78, 5) is 38.7. The quantitative estimate of drug-likeness (QED) is 0.0889. The molecule has 0 aromatic heterocycles. The van der Waals surface area contributed by atoms with E-state index >= 15 is 0 Å². The lowest BCUT2D eigenvalue weighted by Gasteiger charge is -2.22. The number of aliphatic hydroxyl groups is 4. The highest BCUT2D eigenvalue weighted by Gasteiger charge is 2.50. The minimum atomic E-state index is -5.54. The molecule has 2 rings (SSSR count). The fraction of sp³-hybridized carbons (Fsp3) is 1.00. The van der Waals surface area contributed by atoms with Crippen molar-refractivity contribution >= 4 is 38.7 Å². The van der Waals surface area contributed by atoms with Crippen molar-refractivity contribution < 1.29 is 85.4 Å². The molecule has 0 bridgehead atoms. The van der Waals surface area contributed by atoms with E-state index in [0.29, 0.717) is 0 Å². The summed E-state index contributed by atoms with van der Waals surface area (Å²) in [5, 5.41) is 38.8. The highest BCUT2D eigenvalue weighted by Crippen LogP contribution is 2.70. The van der Waals surface area contributed by atoms with Crippen LogP contribution in [0.4, 0.5) is 0 Å². The second-order valence-electron chi connectivity index (χ2n) is 8.42. The minimum Gasteiger partial charge on any atom is -0.388 e. The number of hydrogen-bond donors (Lipinski definition) is 8. The Bertz CT molecular complexity index is 977. The molecule has 2 radical (unpaired) electrons. The van der Waals surface area contributed by atoms with E-state index < -0.39 is 98.2 Å². The van der Waals surface area contributed by atoms with Gasteiger partial charge in [0.15, 0.2) is 5.90 Å². The number of hydrogen-bond acceptors (Lipinski definition) is 14. The van der Waals surface area contributed by atoms with Gasteiger partial charge in [0.05, 0.1) is 24.9 Å². The minimum absolute atomic E-state index is 0.907. The van der Waals surface area contributed by atoms with E-state index in [4.69, 9.17) is 17.3 Å². The highest BCUT2D eigenvalue weighted by atomic mass is 31.3. The first-order valence-electron chi connectivity index (χ1n) is 9.88. The Kier molecular flexibility index (Phi) is 10.4. The number of phosphoric ester groups is 2. The van der Waals surface area contributed by atoms with Gasteiger partial charge < -0.3 is 49.5 Å². The van der Waals surface area contributed by atoms with E-state index in [-0.39, 0.29) is 0 Å². The molecule has 0 aliphatic carbocycles. The lowest BCUT2D eigenvalue weighted by molar-refractivity contribution is -0.0681. The Labute approximate surface area is 205 Å². The van der Waals surface area contributed by atoms with Crippen molar-refractivity contribution in [2.24, 2.45) is 0 Å². The molecule has 18 nitrogen and oxygen atoms in total. The molecule has 0 aromatic rings. The molecule has 0 saturated carbocycles. The molecule has 210 valence electrons. The van der Waals surface area contributed by atoms with Crippen LogP contribution >= 0.6 is 30.8 Å².